The molecule has 0 bridgehead atoms. The number of rotatable bonds is 5. The number of amidine groups is 1. The number of para-hydroxylation sites is 1. The van der Waals surface area contributed by atoms with Gasteiger partial charge in [-0.1, -0.05) is 59.7 Å². The van der Waals surface area contributed by atoms with E-state index in [1.165, 1.54) is 7.11 Å². The highest BCUT2D eigenvalue weighted by atomic mass is 16.5. The number of ether oxygens (including phenoxy) is 1. The fourth-order valence-electron chi connectivity index (χ4n) is 3.64. The molecule has 0 amide bonds. The first kappa shape index (κ1) is 25.8. The molecule has 0 radical (unpaired) electrons. The van der Waals surface area contributed by atoms with E-state index in [-0.39, 0.29) is 16.6 Å². The van der Waals surface area contributed by atoms with Gasteiger partial charge in [-0.2, -0.15) is 5.10 Å². The number of nitrogens with zero attached hydrogens (tertiary/aromatic N) is 2. The predicted octanol–water partition coefficient (Wildman–Crippen LogP) is 6.40. The van der Waals surface area contributed by atoms with Crippen molar-refractivity contribution in [2.45, 2.75) is 52.4 Å². The van der Waals surface area contributed by atoms with Gasteiger partial charge in [-0.3, -0.25) is 5.43 Å². The van der Waals surface area contributed by atoms with Crippen molar-refractivity contribution in [3.63, 3.8) is 0 Å². The maximum Gasteiger partial charge on any atom is 0.161 e. The van der Waals surface area contributed by atoms with Crippen LogP contribution in [0.25, 0.3) is 0 Å². The zero-order valence-electron chi connectivity index (χ0n) is 21.5. The molecule has 0 atom stereocenters. The van der Waals surface area contributed by atoms with Crippen molar-refractivity contribution >= 4 is 17.7 Å². The Morgan fingerprint density at radius 1 is 0.857 bits per heavy atom. The van der Waals surface area contributed by atoms with Crippen molar-refractivity contribution in [1.29, 1.82) is 0 Å². The maximum atomic E-state index is 11.1. The summed E-state index contributed by atoms with van der Waals surface area (Å²) in [7, 11) is 1.50. The predicted molar refractivity (Wildman–Crippen MR) is 144 cm³/mol. The molecule has 184 valence electrons. The van der Waals surface area contributed by atoms with E-state index in [1.54, 1.807) is 24.4 Å². The molecule has 3 aromatic rings. The topological polar surface area (TPSA) is 86.4 Å². The summed E-state index contributed by atoms with van der Waals surface area (Å²) in [5.74, 6) is 1.30. The fraction of sp³-hybridized carbons (Fsp3) is 0.310. The Bertz CT molecular complexity index is 1200. The lowest BCUT2D eigenvalue weighted by molar-refractivity contribution is 0.373. The van der Waals surface area contributed by atoms with E-state index in [1.807, 2.05) is 42.5 Å². The first-order valence-electron chi connectivity index (χ1n) is 11.6. The number of phenols is 2. The minimum Gasteiger partial charge on any atom is -0.507 e. The van der Waals surface area contributed by atoms with Gasteiger partial charge in [0, 0.05) is 16.7 Å². The molecule has 0 saturated carbocycles. The van der Waals surface area contributed by atoms with Crippen LogP contribution in [0.5, 0.6) is 17.2 Å². The summed E-state index contributed by atoms with van der Waals surface area (Å²) >= 11 is 0. The van der Waals surface area contributed by atoms with Crippen LogP contribution in [0.4, 0.5) is 5.69 Å². The third kappa shape index (κ3) is 6.41. The lowest BCUT2D eigenvalue weighted by atomic mass is 9.78. The molecule has 6 nitrogen and oxygen atoms in total. The Labute approximate surface area is 208 Å². The normalized spacial score (nSPS) is 12.7. The SMILES string of the molecule is COc1cc(C=NNC(=Nc2ccccc2)c2cc(C(C)(C)C)c(O)c(C(C)(C)C)c2)ccc1O. The first-order valence-corrected chi connectivity index (χ1v) is 11.6. The van der Waals surface area contributed by atoms with Crippen LogP contribution in [-0.4, -0.2) is 29.4 Å². The number of methoxy groups -OCH3 is 1. The van der Waals surface area contributed by atoms with E-state index in [2.05, 4.69) is 52.1 Å². The molecule has 35 heavy (non-hydrogen) atoms. The summed E-state index contributed by atoms with van der Waals surface area (Å²) in [6, 6.07) is 18.6. The van der Waals surface area contributed by atoms with Gasteiger partial charge < -0.3 is 14.9 Å². The summed E-state index contributed by atoms with van der Waals surface area (Å²) < 4.78 is 5.18. The summed E-state index contributed by atoms with van der Waals surface area (Å²) in [4.78, 5) is 4.83. The van der Waals surface area contributed by atoms with Crippen molar-refractivity contribution in [2.24, 2.45) is 10.1 Å². The molecule has 3 aromatic carbocycles. The molecule has 0 aliphatic heterocycles. The summed E-state index contributed by atoms with van der Waals surface area (Å²) in [5.41, 5.74) is 6.58. The average molecular weight is 474 g/mol. The lowest BCUT2D eigenvalue weighted by Gasteiger charge is -2.28. The Morgan fingerprint density at radius 3 is 2.00 bits per heavy atom. The number of phenolic OH excluding ortho intramolecular Hbond substituents is 2. The van der Waals surface area contributed by atoms with Crippen molar-refractivity contribution in [3.05, 3.63) is 82.9 Å². The van der Waals surface area contributed by atoms with Crippen molar-refractivity contribution in [3.8, 4) is 17.2 Å². The Hall–Kier alpha value is -3.80. The lowest BCUT2D eigenvalue weighted by Crippen LogP contribution is -2.23. The van der Waals surface area contributed by atoms with E-state index in [0.717, 1.165) is 27.9 Å². The second-order valence-corrected chi connectivity index (χ2v) is 10.5. The van der Waals surface area contributed by atoms with Crippen LogP contribution in [0.2, 0.25) is 0 Å². The van der Waals surface area contributed by atoms with Crippen LogP contribution < -0.4 is 10.2 Å². The summed E-state index contributed by atoms with van der Waals surface area (Å²) in [6.07, 6.45) is 1.64. The van der Waals surface area contributed by atoms with Gasteiger partial charge in [-0.15, -0.1) is 0 Å². The van der Waals surface area contributed by atoms with Crippen LogP contribution in [0.15, 0.2) is 70.8 Å². The Morgan fingerprint density at radius 2 is 1.46 bits per heavy atom. The van der Waals surface area contributed by atoms with Crippen molar-refractivity contribution < 1.29 is 14.9 Å². The van der Waals surface area contributed by atoms with Gasteiger partial charge in [-0.25, -0.2) is 4.99 Å². The molecule has 0 aliphatic carbocycles. The smallest absolute Gasteiger partial charge is 0.161 e. The Kier molecular flexibility index (Phi) is 7.54. The quantitative estimate of drug-likeness (QED) is 0.227. The molecule has 3 rings (SSSR count). The molecule has 6 heteroatoms. The minimum absolute atomic E-state index is 0.0671. The van der Waals surface area contributed by atoms with E-state index in [4.69, 9.17) is 9.73 Å². The van der Waals surface area contributed by atoms with Crippen LogP contribution in [-0.2, 0) is 10.8 Å². The molecule has 0 unspecified atom stereocenters. The van der Waals surface area contributed by atoms with E-state index < -0.39 is 0 Å². The molecule has 0 aromatic heterocycles. The van der Waals surface area contributed by atoms with Gasteiger partial charge in [0.15, 0.2) is 17.3 Å². The van der Waals surface area contributed by atoms with E-state index >= 15 is 0 Å². The van der Waals surface area contributed by atoms with Gasteiger partial charge in [0.25, 0.3) is 0 Å². The molecule has 0 aliphatic rings. The highest BCUT2D eigenvalue weighted by Gasteiger charge is 2.27. The number of hydrogen-bond acceptors (Lipinski definition) is 5. The zero-order chi connectivity index (χ0) is 25.8. The molecule has 3 N–H and O–H groups in total. The van der Waals surface area contributed by atoms with Crippen molar-refractivity contribution in [2.75, 3.05) is 7.11 Å². The summed E-state index contributed by atoms with van der Waals surface area (Å²) in [5, 5.41) is 25.4. The number of benzene rings is 3. The zero-order valence-corrected chi connectivity index (χ0v) is 21.5. The van der Waals surface area contributed by atoms with Gasteiger partial charge in [0.05, 0.1) is 19.0 Å². The molecule has 0 saturated heterocycles. The fourth-order valence-corrected chi connectivity index (χ4v) is 3.64. The molecular formula is C29H35N3O3. The van der Waals surface area contributed by atoms with Crippen LogP contribution in [0.3, 0.4) is 0 Å². The second kappa shape index (κ2) is 10.2. The highest BCUT2D eigenvalue weighted by molar-refractivity contribution is 6.01. The number of nitrogens with one attached hydrogen (secondary N) is 1. The highest BCUT2D eigenvalue weighted by Crippen LogP contribution is 2.40. The monoisotopic (exact) mass is 473 g/mol. The number of aromatic hydroxyl groups is 2. The largest absolute Gasteiger partial charge is 0.507 e. The molecule has 0 fully saturated rings. The first-order chi connectivity index (χ1) is 16.4. The van der Waals surface area contributed by atoms with Gasteiger partial charge in [-0.05, 0) is 58.9 Å². The van der Waals surface area contributed by atoms with Crippen LogP contribution in [0.1, 0.15) is 63.8 Å². The summed E-state index contributed by atoms with van der Waals surface area (Å²) in [6.45, 7) is 12.5. The third-order valence-corrected chi connectivity index (χ3v) is 5.58. The third-order valence-electron chi connectivity index (χ3n) is 5.58. The molecular weight excluding hydrogens is 438 g/mol. The minimum atomic E-state index is -0.274. The van der Waals surface area contributed by atoms with Crippen LogP contribution >= 0.6 is 0 Å². The number of aliphatic imine (C=N–C) groups is 1. The second-order valence-electron chi connectivity index (χ2n) is 10.5. The van der Waals surface area contributed by atoms with Gasteiger partial charge >= 0.3 is 0 Å². The Balaban J connectivity index is 2.11. The molecule has 0 spiro atoms. The molecule has 0 heterocycles. The van der Waals surface area contributed by atoms with Gasteiger partial charge in [0.1, 0.15) is 5.75 Å². The van der Waals surface area contributed by atoms with Crippen molar-refractivity contribution in [1.82, 2.24) is 5.43 Å². The number of hydrazone groups is 1. The average Bonchev–Trinajstić information content (AvgIpc) is 2.79. The van der Waals surface area contributed by atoms with Crippen LogP contribution in [0, 0.1) is 0 Å². The maximum absolute atomic E-state index is 11.1. The standard InChI is InChI=1S/C29H35N3O3/c1-28(2,3)22-16-20(17-23(26(22)34)29(4,5)6)27(31-21-11-9-8-10-12-21)32-30-18-19-13-14-24(33)25(15-19)35-7/h8-18,33-34H,1-7H3,(H,31,32). The van der Waals surface area contributed by atoms with Gasteiger partial charge in [0.2, 0.25) is 0 Å². The van der Waals surface area contributed by atoms with E-state index in [9.17, 15) is 10.2 Å². The van der Waals surface area contributed by atoms with E-state index in [0.29, 0.717) is 17.3 Å². The number of hydrogen-bond donors (Lipinski definition) is 3.